The Morgan fingerprint density at radius 2 is 0.327 bits per heavy atom. The summed E-state index contributed by atoms with van der Waals surface area (Å²) in [4.78, 5) is 120. The van der Waals surface area contributed by atoms with Gasteiger partial charge in [-0.2, -0.15) is 0 Å². The minimum absolute atomic E-state index is 0. The van der Waals surface area contributed by atoms with Gasteiger partial charge in [0.05, 0.1) is 23.9 Å². The molecule has 0 aromatic heterocycles. The molecule has 0 rings (SSSR count). The fourth-order valence-electron chi connectivity index (χ4n) is 2.74. The van der Waals surface area contributed by atoms with Crippen LogP contribution >= 0.6 is 0 Å². The molecule has 0 spiro atoms. The van der Waals surface area contributed by atoms with Crippen LogP contribution < -0.4 is 61.3 Å². The molecule has 0 unspecified atom stereocenters. The molecule has 0 aliphatic carbocycles. The first-order valence-corrected chi connectivity index (χ1v) is 12.5. The van der Waals surface area contributed by atoms with Crippen molar-refractivity contribution in [2.75, 3.05) is 0 Å². The predicted molar refractivity (Wildman–Crippen MR) is 117 cm³/mol. The Hall–Kier alpha value is -4.38. The summed E-state index contributed by atoms with van der Waals surface area (Å²) in [5.74, 6) is -23.9. The second-order valence-corrected chi connectivity index (χ2v) is 9.67. The largest absolute Gasteiger partial charge is 4.00 e. The number of aliphatic carboxylic acids is 12. The molecular weight excluding hydrogens is 880 g/mol. The Labute approximate surface area is 348 Å². The zero-order valence-corrected chi connectivity index (χ0v) is 31.4. The van der Waals surface area contributed by atoms with Gasteiger partial charge in [0.2, 0.25) is 0 Å². The third-order valence-electron chi connectivity index (χ3n) is 5.01. The second-order valence-electron chi connectivity index (χ2n) is 9.67. The summed E-state index contributed by atoms with van der Waals surface area (Å²) in [6, 6.07) is 0. The van der Waals surface area contributed by atoms with Crippen LogP contribution in [0.2, 0.25) is 0 Å². The minimum Gasteiger partial charge on any atom is -0.550 e. The molecule has 31 heteroatoms. The van der Waals surface area contributed by atoms with Gasteiger partial charge in [0, 0.05) is 99.1 Å². The summed E-state index contributed by atoms with van der Waals surface area (Å²) >= 11 is 0. The zero-order chi connectivity index (χ0) is 42.6. The van der Waals surface area contributed by atoms with Gasteiger partial charge in [0.25, 0.3) is 0 Å². The molecule has 296 valence electrons. The number of rotatable bonds is 20. The van der Waals surface area contributed by atoms with Gasteiger partial charge < -0.3 is 139 Å². The number of hydrogen-bond donors (Lipinski definition) is 4. The van der Waals surface area contributed by atoms with E-state index in [9.17, 15) is 119 Å². The molecule has 0 aromatic rings. The molecule has 0 heterocycles. The van der Waals surface area contributed by atoms with Crippen molar-refractivity contribution in [2.45, 2.75) is 73.8 Å². The van der Waals surface area contributed by atoms with Crippen molar-refractivity contribution in [3.8, 4) is 0 Å². The molecule has 4 N–H and O–H groups in total. The topological polar surface area (TPSA) is 562 Å². The molecule has 55 heavy (non-hydrogen) atoms. The third-order valence-corrected chi connectivity index (χ3v) is 5.01. The number of carbonyl (C=O) groups excluding carboxylic acids is 12. The second kappa shape index (κ2) is 29.0. The van der Waals surface area contributed by atoms with Crippen LogP contribution in [0.15, 0.2) is 0 Å². The smallest absolute Gasteiger partial charge is 0.550 e. The molecule has 0 aliphatic rings. The maximum atomic E-state index is 10.1. The van der Waals surface area contributed by atoms with Crippen molar-refractivity contribution < 1.29 is 204 Å². The van der Waals surface area contributed by atoms with Crippen LogP contribution in [0, 0.1) is 0 Å². The van der Waals surface area contributed by atoms with Crippen LogP contribution in [0.3, 0.4) is 0 Å². The van der Waals surface area contributed by atoms with E-state index in [1.54, 1.807) is 0 Å². The normalized spacial score (nSPS) is 10.3. The number of carboxylic acids is 12. The maximum Gasteiger partial charge on any atom is 4.00 e. The molecule has 0 amide bonds. The van der Waals surface area contributed by atoms with Crippen molar-refractivity contribution >= 4 is 71.6 Å². The molecule has 0 fully saturated rings. The average Bonchev–Trinajstić information content (AvgIpc) is 2.85. The third kappa shape index (κ3) is 31.7. The van der Waals surface area contributed by atoms with Crippen molar-refractivity contribution in [1.82, 2.24) is 0 Å². The van der Waals surface area contributed by atoms with E-state index >= 15 is 0 Å². The van der Waals surface area contributed by atoms with Crippen LogP contribution in [-0.2, 0) is 123 Å². The summed E-state index contributed by atoms with van der Waals surface area (Å²) in [7, 11) is 0. The quantitative estimate of drug-likeness (QED) is 0.0824. The molecule has 0 atom stereocenters. The monoisotopic (exact) mass is 900 g/mol. The fraction of sp³-hybridized carbons (Fsp3) is 0.500. The average molecular weight is 900 g/mol. The van der Waals surface area contributed by atoms with Gasteiger partial charge in [-0.1, -0.05) is 0 Å². The molecule has 0 saturated heterocycles. The fourth-order valence-corrected chi connectivity index (χ4v) is 2.74. The van der Waals surface area contributed by atoms with Gasteiger partial charge in [-0.15, -0.1) is 0 Å². The van der Waals surface area contributed by atoms with Gasteiger partial charge >= 0.3 is 65.2 Å². The number of carboxylic acid groups (broad SMARTS) is 12. The summed E-state index contributed by atoms with van der Waals surface area (Å²) < 4.78 is 0. The molecular formula is C24H20O28Ti3. The van der Waals surface area contributed by atoms with Crippen LogP contribution in [0.5, 0.6) is 0 Å². The molecule has 0 bridgehead atoms. The summed E-state index contributed by atoms with van der Waals surface area (Å²) in [5.41, 5.74) is -11.9. The van der Waals surface area contributed by atoms with Crippen molar-refractivity contribution in [1.29, 1.82) is 0 Å². The van der Waals surface area contributed by atoms with Gasteiger partial charge in [-0.05, 0) is 0 Å². The van der Waals surface area contributed by atoms with E-state index in [4.69, 9.17) is 20.4 Å². The van der Waals surface area contributed by atoms with Crippen molar-refractivity contribution in [2.24, 2.45) is 0 Å². The molecule has 28 nitrogen and oxygen atoms in total. The molecule has 0 aromatic carbocycles. The Morgan fingerprint density at radius 3 is 0.364 bits per heavy atom. The van der Waals surface area contributed by atoms with Crippen LogP contribution in [0.25, 0.3) is 0 Å². The first kappa shape index (κ1) is 65.5. The Bertz CT molecular complexity index is 1130. The first-order chi connectivity index (χ1) is 23.1. The van der Waals surface area contributed by atoms with Crippen LogP contribution in [0.1, 0.15) is 51.4 Å². The number of aliphatic hydroxyl groups is 4. The van der Waals surface area contributed by atoms with E-state index in [0.29, 0.717) is 0 Å². The van der Waals surface area contributed by atoms with Crippen molar-refractivity contribution in [3.05, 3.63) is 0 Å². The Morgan fingerprint density at radius 1 is 0.255 bits per heavy atom. The van der Waals surface area contributed by atoms with E-state index in [1.807, 2.05) is 0 Å². The van der Waals surface area contributed by atoms with Gasteiger partial charge in [0.15, 0.2) is 0 Å². The minimum atomic E-state index is -2.97. The van der Waals surface area contributed by atoms with E-state index in [1.165, 1.54) is 0 Å². The van der Waals surface area contributed by atoms with Gasteiger partial charge in [-0.3, -0.25) is 0 Å². The molecule has 0 radical (unpaired) electrons. The number of hydrogen-bond acceptors (Lipinski definition) is 28. The van der Waals surface area contributed by atoms with Crippen LogP contribution in [-0.4, -0.2) is 114 Å². The van der Waals surface area contributed by atoms with Crippen LogP contribution in [0.4, 0.5) is 0 Å². The molecule has 0 saturated carbocycles. The van der Waals surface area contributed by atoms with Crippen molar-refractivity contribution in [3.63, 3.8) is 0 Å². The Balaban J connectivity index is -0.000000110. The van der Waals surface area contributed by atoms with Gasteiger partial charge in [0.1, 0.15) is 22.4 Å². The standard InChI is InChI=1S/4C6H8O7.3Ti/c4*7-3(8)1-6(13,5(11)12)2-4(9)10;;;/h4*13H,1-2H2,(H,7,8)(H,9,10)(H,11,12);;;/q;;;;3*+4/p-12. The first-order valence-electron chi connectivity index (χ1n) is 12.5. The van der Waals surface area contributed by atoms with E-state index < -0.39 is 145 Å². The van der Waals surface area contributed by atoms with Gasteiger partial charge in [-0.25, -0.2) is 0 Å². The van der Waals surface area contributed by atoms with E-state index in [-0.39, 0.29) is 65.2 Å². The molecule has 0 aliphatic heterocycles. The predicted octanol–water partition coefficient (Wildman–Crippen LogP) is -21.0. The summed E-state index contributed by atoms with van der Waals surface area (Å²) in [5, 5.41) is 156. The van der Waals surface area contributed by atoms with E-state index in [0.717, 1.165) is 0 Å². The summed E-state index contributed by atoms with van der Waals surface area (Å²) in [6.45, 7) is 0. The SMILES string of the molecule is O=C([O-])CC(O)(CC(=O)[O-])C(=O)[O-].O=C([O-])CC(O)(CC(=O)[O-])C(=O)[O-].O=C([O-])CC(O)(CC(=O)[O-])C(=O)[O-].O=C([O-])CC(O)(CC(=O)[O-])C(=O)[O-].[Ti+4].[Ti+4].[Ti+4]. The number of carbonyl (C=O) groups is 12. The van der Waals surface area contributed by atoms with E-state index in [2.05, 4.69) is 0 Å². The Kier molecular flexibility index (Phi) is 34.5. The maximum absolute atomic E-state index is 10.1. The zero-order valence-electron chi connectivity index (χ0n) is 26.7. The summed E-state index contributed by atoms with van der Waals surface area (Å²) in [6.07, 6.45) is -10.9.